The lowest BCUT2D eigenvalue weighted by molar-refractivity contribution is 0.133. The van der Waals surface area contributed by atoms with Gasteiger partial charge in [0.2, 0.25) is 0 Å². The van der Waals surface area contributed by atoms with Crippen LogP contribution in [0.25, 0.3) is 0 Å². The average Bonchev–Trinajstić information content (AvgIpc) is 2.91. The van der Waals surface area contributed by atoms with E-state index in [1.807, 2.05) is 12.1 Å². The van der Waals surface area contributed by atoms with Crippen LogP contribution in [0.4, 0.5) is 5.69 Å². The Labute approximate surface area is 117 Å². The maximum Gasteiger partial charge on any atom is 0.126 e. The predicted octanol–water partition coefficient (Wildman–Crippen LogP) is 1.83. The Hall–Kier alpha value is -1.26. The quantitative estimate of drug-likeness (QED) is 0.571. The van der Waals surface area contributed by atoms with Gasteiger partial charge in [0.05, 0.1) is 16.7 Å². The summed E-state index contributed by atoms with van der Waals surface area (Å²) in [4.78, 5) is 2.21. The van der Waals surface area contributed by atoms with Crippen LogP contribution in [0.5, 0.6) is 0 Å². The van der Waals surface area contributed by atoms with Crippen LogP contribution < -0.4 is 10.6 Å². The molecule has 1 aliphatic heterocycles. The van der Waals surface area contributed by atoms with E-state index in [1.54, 1.807) is 6.07 Å². The van der Waals surface area contributed by atoms with Gasteiger partial charge in [-0.25, -0.2) is 0 Å². The number of nitrogens with one attached hydrogen (secondary N) is 1. The third kappa shape index (κ3) is 2.09. The van der Waals surface area contributed by atoms with Crippen LogP contribution in [0.3, 0.4) is 0 Å². The second kappa shape index (κ2) is 4.69. The molecule has 0 bridgehead atoms. The lowest BCUT2D eigenvalue weighted by atomic mass is 10.00. The Balaban J connectivity index is 1.92. The first kappa shape index (κ1) is 12.8. The molecule has 1 aromatic rings. The zero-order chi connectivity index (χ0) is 13.6. The normalized spacial score (nSPS) is 29.6. The van der Waals surface area contributed by atoms with Crippen molar-refractivity contribution in [1.29, 1.82) is 5.41 Å². The Bertz CT molecular complexity index is 519. The van der Waals surface area contributed by atoms with E-state index in [-0.39, 0.29) is 11.9 Å². The van der Waals surface area contributed by atoms with E-state index in [9.17, 15) is 5.11 Å². The van der Waals surface area contributed by atoms with Gasteiger partial charge in [-0.1, -0.05) is 17.7 Å². The molecule has 0 aromatic heterocycles. The number of amidine groups is 1. The Kier molecular flexibility index (Phi) is 3.15. The SMILES string of the molecule is N=C(N)c1c(Cl)cccc1N1CC2CCC(O)C2C1. The minimum absolute atomic E-state index is 0.00166. The van der Waals surface area contributed by atoms with Gasteiger partial charge in [0, 0.05) is 24.7 Å². The highest BCUT2D eigenvalue weighted by atomic mass is 35.5. The molecule has 0 amide bonds. The molecular formula is C14H18ClN3O. The number of aliphatic hydroxyl groups is 1. The fraction of sp³-hybridized carbons (Fsp3) is 0.500. The molecule has 0 radical (unpaired) electrons. The maximum atomic E-state index is 9.98. The Morgan fingerprint density at radius 1 is 1.37 bits per heavy atom. The maximum absolute atomic E-state index is 9.98. The highest BCUT2D eigenvalue weighted by Gasteiger charge is 2.42. The van der Waals surface area contributed by atoms with E-state index >= 15 is 0 Å². The third-order valence-corrected chi connectivity index (χ3v) is 4.74. The number of nitrogens with two attached hydrogens (primary N) is 1. The second-order valence-electron chi connectivity index (χ2n) is 5.52. The summed E-state index contributed by atoms with van der Waals surface area (Å²) >= 11 is 6.16. The van der Waals surface area contributed by atoms with Gasteiger partial charge < -0.3 is 15.7 Å². The number of hydrogen-bond acceptors (Lipinski definition) is 3. The molecule has 2 aliphatic rings. The average molecular weight is 280 g/mol. The molecule has 19 heavy (non-hydrogen) atoms. The first-order chi connectivity index (χ1) is 9.08. The van der Waals surface area contributed by atoms with Gasteiger partial charge >= 0.3 is 0 Å². The van der Waals surface area contributed by atoms with E-state index in [2.05, 4.69) is 4.90 Å². The first-order valence-electron chi connectivity index (χ1n) is 6.64. The van der Waals surface area contributed by atoms with Crippen molar-refractivity contribution < 1.29 is 5.11 Å². The molecule has 4 nitrogen and oxygen atoms in total. The largest absolute Gasteiger partial charge is 0.393 e. The van der Waals surface area contributed by atoms with Gasteiger partial charge in [0.25, 0.3) is 0 Å². The highest BCUT2D eigenvalue weighted by Crippen LogP contribution is 2.41. The standard InChI is InChI=1S/C14H18ClN3O/c15-10-2-1-3-11(13(10)14(16)17)18-6-8-4-5-12(19)9(8)7-18/h1-3,8-9,12,19H,4-7H2,(H3,16,17). The van der Waals surface area contributed by atoms with Crippen LogP contribution in [-0.2, 0) is 0 Å². The Morgan fingerprint density at radius 2 is 2.16 bits per heavy atom. The zero-order valence-corrected chi connectivity index (χ0v) is 11.4. The summed E-state index contributed by atoms with van der Waals surface area (Å²) in [5, 5.41) is 18.2. The molecule has 102 valence electrons. The third-order valence-electron chi connectivity index (χ3n) is 4.42. The number of halogens is 1. The lowest BCUT2D eigenvalue weighted by Crippen LogP contribution is -2.27. The summed E-state index contributed by atoms with van der Waals surface area (Å²) in [6, 6.07) is 5.60. The van der Waals surface area contributed by atoms with Crippen molar-refractivity contribution in [2.75, 3.05) is 18.0 Å². The van der Waals surface area contributed by atoms with Gasteiger partial charge in [-0.3, -0.25) is 5.41 Å². The highest BCUT2D eigenvalue weighted by molar-refractivity contribution is 6.34. The van der Waals surface area contributed by atoms with Crippen molar-refractivity contribution in [3.05, 3.63) is 28.8 Å². The lowest BCUT2D eigenvalue weighted by Gasteiger charge is -2.23. The molecule has 0 spiro atoms. The number of nitrogens with zero attached hydrogens (tertiary/aromatic N) is 1. The fourth-order valence-corrected chi connectivity index (χ4v) is 3.75. The number of nitrogen functional groups attached to an aromatic ring is 1. The van der Waals surface area contributed by atoms with Crippen LogP contribution >= 0.6 is 11.6 Å². The number of fused-ring (bicyclic) bond motifs is 1. The van der Waals surface area contributed by atoms with Crippen LogP contribution in [0.2, 0.25) is 5.02 Å². The first-order valence-corrected chi connectivity index (χ1v) is 7.01. The molecule has 3 unspecified atom stereocenters. The van der Waals surface area contributed by atoms with E-state index in [1.165, 1.54) is 0 Å². The molecule has 1 aromatic carbocycles. The summed E-state index contributed by atoms with van der Waals surface area (Å²) < 4.78 is 0. The minimum atomic E-state index is -0.185. The van der Waals surface area contributed by atoms with Crippen molar-refractivity contribution in [2.24, 2.45) is 17.6 Å². The van der Waals surface area contributed by atoms with Gasteiger partial charge in [0.15, 0.2) is 0 Å². The van der Waals surface area contributed by atoms with Crippen molar-refractivity contribution in [1.82, 2.24) is 0 Å². The molecule has 5 heteroatoms. The molecule has 4 N–H and O–H groups in total. The number of rotatable bonds is 2. The number of aliphatic hydroxyl groups excluding tert-OH is 1. The van der Waals surface area contributed by atoms with Crippen molar-refractivity contribution in [3.63, 3.8) is 0 Å². The van der Waals surface area contributed by atoms with Gasteiger partial charge in [-0.15, -0.1) is 0 Å². The van der Waals surface area contributed by atoms with Crippen LogP contribution in [-0.4, -0.2) is 30.1 Å². The van der Waals surface area contributed by atoms with Gasteiger partial charge in [0.1, 0.15) is 5.84 Å². The van der Waals surface area contributed by atoms with E-state index in [0.29, 0.717) is 22.4 Å². The van der Waals surface area contributed by atoms with E-state index in [4.69, 9.17) is 22.7 Å². The minimum Gasteiger partial charge on any atom is -0.393 e. The fourth-order valence-electron chi connectivity index (χ4n) is 3.48. The van der Waals surface area contributed by atoms with Crippen LogP contribution in [0, 0.1) is 17.2 Å². The number of hydrogen-bond donors (Lipinski definition) is 3. The molecule has 1 saturated carbocycles. The molecule has 2 fully saturated rings. The molecule has 1 aliphatic carbocycles. The Morgan fingerprint density at radius 3 is 2.84 bits per heavy atom. The van der Waals surface area contributed by atoms with Crippen molar-refractivity contribution >= 4 is 23.1 Å². The van der Waals surface area contributed by atoms with Crippen LogP contribution in [0.15, 0.2) is 18.2 Å². The van der Waals surface area contributed by atoms with Gasteiger partial charge in [-0.05, 0) is 30.9 Å². The summed E-state index contributed by atoms with van der Waals surface area (Å²) in [7, 11) is 0. The summed E-state index contributed by atoms with van der Waals surface area (Å²) in [6.07, 6.45) is 1.81. The number of anilines is 1. The number of benzene rings is 1. The zero-order valence-electron chi connectivity index (χ0n) is 10.6. The molecule has 3 rings (SSSR count). The predicted molar refractivity (Wildman–Crippen MR) is 76.9 cm³/mol. The smallest absolute Gasteiger partial charge is 0.126 e. The topological polar surface area (TPSA) is 73.3 Å². The summed E-state index contributed by atoms with van der Waals surface area (Å²) in [5.41, 5.74) is 7.18. The molecule has 1 heterocycles. The van der Waals surface area contributed by atoms with Crippen LogP contribution in [0.1, 0.15) is 18.4 Å². The monoisotopic (exact) mass is 279 g/mol. The summed E-state index contributed by atoms with van der Waals surface area (Å²) in [5.74, 6) is 0.894. The van der Waals surface area contributed by atoms with E-state index < -0.39 is 0 Å². The summed E-state index contributed by atoms with van der Waals surface area (Å²) in [6.45, 7) is 1.74. The second-order valence-corrected chi connectivity index (χ2v) is 5.93. The molecule has 1 saturated heterocycles. The van der Waals surface area contributed by atoms with Crippen molar-refractivity contribution in [2.45, 2.75) is 18.9 Å². The molecular weight excluding hydrogens is 262 g/mol. The van der Waals surface area contributed by atoms with Crippen molar-refractivity contribution in [3.8, 4) is 0 Å². The molecule has 3 atom stereocenters. The van der Waals surface area contributed by atoms with E-state index in [0.717, 1.165) is 31.6 Å². The van der Waals surface area contributed by atoms with Gasteiger partial charge in [-0.2, -0.15) is 0 Å².